The Morgan fingerprint density at radius 3 is 2.74 bits per heavy atom. The third kappa shape index (κ3) is 2.62. The van der Waals surface area contributed by atoms with Gasteiger partial charge in [0.15, 0.2) is 0 Å². The maximum Gasteiger partial charge on any atom is 0.340 e. The van der Waals surface area contributed by atoms with Gasteiger partial charge in [0.25, 0.3) is 0 Å². The van der Waals surface area contributed by atoms with Crippen LogP contribution in [0.3, 0.4) is 0 Å². The molecule has 0 aromatic heterocycles. The van der Waals surface area contributed by atoms with Gasteiger partial charge in [-0.25, -0.2) is 4.79 Å². The minimum atomic E-state index is -0.308. The number of halogens is 1. The molecule has 1 aromatic carbocycles. The Kier molecular flexibility index (Phi) is 3.50. The van der Waals surface area contributed by atoms with Crippen LogP contribution in [0.4, 0.5) is 5.69 Å². The van der Waals surface area contributed by atoms with Crippen LogP contribution in [0.25, 0.3) is 0 Å². The van der Waals surface area contributed by atoms with E-state index in [2.05, 4.69) is 20.8 Å². The van der Waals surface area contributed by atoms with E-state index in [4.69, 9.17) is 10.5 Å². The van der Waals surface area contributed by atoms with E-state index in [0.29, 0.717) is 17.2 Å². The number of carbonyl (C=O) groups is 1. The average molecular weight is 325 g/mol. The van der Waals surface area contributed by atoms with E-state index in [1.54, 1.807) is 12.1 Å². The third-order valence-corrected chi connectivity index (χ3v) is 4.58. The van der Waals surface area contributed by atoms with Crippen molar-refractivity contribution in [1.82, 2.24) is 4.90 Å². The summed E-state index contributed by atoms with van der Waals surface area (Å²) in [5.74, 6) is 0.208. The lowest BCUT2D eigenvalue weighted by Crippen LogP contribution is -2.51. The summed E-state index contributed by atoms with van der Waals surface area (Å²) in [6, 6.07) is 5.26. The molecular weight excluding hydrogens is 308 g/mol. The van der Waals surface area contributed by atoms with Gasteiger partial charge in [0.05, 0.1) is 5.56 Å². The molecule has 102 valence electrons. The Morgan fingerprint density at radius 1 is 1.37 bits per heavy atom. The number of anilines is 1. The standard InChI is InChI=1S/C14H17BrN2O2/c15-10-1-2-12(16)11(7-10)14(18)19-13-8-17-5-3-9(13)4-6-17/h1-2,7,9,13H,3-6,8,16H2. The number of esters is 1. The van der Waals surface area contributed by atoms with Gasteiger partial charge < -0.3 is 10.5 Å². The van der Waals surface area contributed by atoms with Gasteiger partial charge in [0.1, 0.15) is 6.10 Å². The molecule has 1 unspecified atom stereocenters. The number of piperidine rings is 3. The smallest absolute Gasteiger partial charge is 0.340 e. The second-order valence-electron chi connectivity index (χ2n) is 5.31. The molecule has 0 aliphatic carbocycles. The highest BCUT2D eigenvalue weighted by molar-refractivity contribution is 9.10. The Balaban J connectivity index is 1.73. The van der Waals surface area contributed by atoms with Crippen molar-refractivity contribution in [2.45, 2.75) is 18.9 Å². The van der Waals surface area contributed by atoms with Crippen molar-refractivity contribution in [2.24, 2.45) is 5.92 Å². The fourth-order valence-corrected chi connectivity index (χ4v) is 3.31. The molecule has 4 nitrogen and oxygen atoms in total. The molecule has 19 heavy (non-hydrogen) atoms. The maximum absolute atomic E-state index is 12.2. The quantitative estimate of drug-likeness (QED) is 0.669. The first-order valence-corrected chi connectivity index (χ1v) is 7.41. The Bertz CT molecular complexity index is 498. The predicted octanol–water partition coefficient (Wildman–Crippen LogP) is 2.28. The molecule has 3 aliphatic rings. The number of nitrogen functional groups attached to an aromatic ring is 1. The molecule has 2 N–H and O–H groups in total. The fraction of sp³-hybridized carbons (Fsp3) is 0.500. The maximum atomic E-state index is 12.2. The lowest BCUT2D eigenvalue weighted by Gasteiger charge is -2.43. The molecule has 1 atom stereocenters. The lowest BCUT2D eigenvalue weighted by molar-refractivity contribution is -0.0455. The Morgan fingerprint density at radius 2 is 2.11 bits per heavy atom. The minimum Gasteiger partial charge on any atom is -0.457 e. The number of fused-ring (bicyclic) bond motifs is 3. The van der Waals surface area contributed by atoms with Crippen LogP contribution in [0.5, 0.6) is 0 Å². The molecule has 5 heteroatoms. The van der Waals surface area contributed by atoms with Crippen LogP contribution in [-0.2, 0) is 4.74 Å². The van der Waals surface area contributed by atoms with E-state index in [1.807, 2.05) is 6.07 Å². The van der Waals surface area contributed by atoms with E-state index in [9.17, 15) is 4.79 Å². The molecule has 0 amide bonds. The van der Waals surface area contributed by atoms with Crippen molar-refractivity contribution in [3.63, 3.8) is 0 Å². The molecule has 2 bridgehead atoms. The van der Waals surface area contributed by atoms with Crippen LogP contribution in [0.2, 0.25) is 0 Å². The van der Waals surface area contributed by atoms with Crippen LogP contribution in [0, 0.1) is 5.92 Å². The van der Waals surface area contributed by atoms with Crippen molar-refractivity contribution in [3.05, 3.63) is 28.2 Å². The van der Waals surface area contributed by atoms with Gasteiger partial charge in [-0.05, 0) is 50.0 Å². The summed E-state index contributed by atoms with van der Waals surface area (Å²) >= 11 is 3.35. The number of rotatable bonds is 2. The van der Waals surface area contributed by atoms with E-state index in [0.717, 1.165) is 36.9 Å². The number of carbonyl (C=O) groups excluding carboxylic acids is 1. The first-order valence-electron chi connectivity index (χ1n) is 6.62. The van der Waals surface area contributed by atoms with Gasteiger partial charge in [-0.1, -0.05) is 15.9 Å². The van der Waals surface area contributed by atoms with Crippen molar-refractivity contribution in [2.75, 3.05) is 25.4 Å². The van der Waals surface area contributed by atoms with Crippen molar-refractivity contribution >= 4 is 27.6 Å². The summed E-state index contributed by atoms with van der Waals surface area (Å²) in [6.07, 6.45) is 2.28. The molecule has 1 aromatic rings. The van der Waals surface area contributed by atoms with Crippen LogP contribution in [-0.4, -0.2) is 36.6 Å². The van der Waals surface area contributed by atoms with Gasteiger partial charge in [-0.2, -0.15) is 0 Å². The Hall–Kier alpha value is -1.07. The van der Waals surface area contributed by atoms with Gasteiger partial charge in [-0.3, -0.25) is 4.90 Å². The molecule has 0 spiro atoms. The summed E-state index contributed by atoms with van der Waals surface area (Å²) in [5, 5.41) is 0. The number of benzene rings is 1. The third-order valence-electron chi connectivity index (χ3n) is 4.09. The number of nitrogens with two attached hydrogens (primary N) is 1. The van der Waals surface area contributed by atoms with Crippen LogP contribution in [0.1, 0.15) is 23.2 Å². The summed E-state index contributed by atoms with van der Waals surface area (Å²) in [5.41, 5.74) is 6.76. The molecule has 0 saturated carbocycles. The van der Waals surface area contributed by atoms with Crippen molar-refractivity contribution in [3.8, 4) is 0 Å². The van der Waals surface area contributed by atoms with Crippen LogP contribution < -0.4 is 5.73 Å². The van der Waals surface area contributed by atoms with Gasteiger partial charge in [-0.15, -0.1) is 0 Å². The summed E-state index contributed by atoms with van der Waals surface area (Å²) in [4.78, 5) is 14.6. The highest BCUT2D eigenvalue weighted by Crippen LogP contribution is 2.30. The van der Waals surface area contributed by atoms with Gasteiger partial charge >= 0.3 is 5.97 Å². The normalized spacial score (nSPS) is 29.2. The minimum absolute atomic E-state index is 0.0216. The van der Waals surface area contributed by atoms with E-state index < -0.39 is 0 Å². The Labute approximate surface area is 121 Å². The number of nitrogens with zero attached hydrogens (tertiary/aromatic N) is 1. The summed E-state index contributed by atoms with van der Waals surface area (Å²) in [7, 11) is 0. The first kappa shape index (κ1) is 12.9. The zero-order chi connectivity index (χ0) is 13.4. The van der Waals surface area contributed by atoms with E-state index >= 15 is 0 Å². The van der Waals surface area contributed by atoms with Crippen LogP contribution in [0.15, 0.2) is 22.7 Å². The lowest BCUT2D eigenvalue weighted by atomic mass is 9.86. The van der Waals surface area contributed by atoms with Crippen molar-refractivity contribution < 1.29 is 9.53 Å². The number of hydrogen-bond donors (Lipinski definition) is 1. The fourth-order valence-electron chi connectivity index (χ4n) is 2.95. The number of hydrogen-bond acceptors (Lipinski definition) is 4. The molecule has 3 fully saturated rings. The summed E-state index contributed by atoms with van der Waals surface area (Å²) in [6.45, 7) is 3.14. The van der Waals surface area contributed by atoms with Crippen LogP contribution >= 0.6 is 15.9 Å². The van der Waals surface area contributed by atoms with E-state index in [1.165, 1.54) is 0 Å². The molecule has 4 rings (SSSR count). The molecule has 3 aliphatic heterocycles. The van der Waals surface area contributed by atoms with Gasteiger partial charge in [0, 0.05) is 16.7 Å². The average Bonchev–Trinajstić information content (AvgIpc) is 2.43. The highest BCUT2D eigenvalue weighted by Gasteiger charge is 2.36. The zero-order valence-corrected chi connectivity index (χ0v) is 12.2. The SMILES string of the molecule is Nc1ccc(Br)cc1C(=O)OC1CN2CCC1CC2. The largest absolute Gasteiger partial charge is 0.457 e. The second kappa shape index (κ2) is 5.13. The van der Waals surface area contributed by atoms with Crippen molar-refractivity contribution in [1.29, 1.82) is 0 Å². The molecule has 3 saturated heterocycles. The zero-order valence-electron chi connectivity index (χ0n) is 10.6. The molecule has 3 heterocycles. The second-order valence-corrected chi connectivity index (χ2v) is 6.23. The monoisotopic (exact) mass is 324 g/mol. The summed E-state index contributed by atoms with van der Waals surface area (Å²) < 4.78 is 6.50. The highest BCUT2D eigenvalue weighted by atomic mass is 79.9. The van der Waals surface area contributed by atoms with Gasteiger partial charge in [0.2, 0.25) is 0 Å². The number of ether oxygens (including phenoxy) is 1. The first-order chi connectivity index (χ1) is 9.13. The topological polar surface area (TPSA) is 55.6 Å². The van der Waals surface area contributed by atoms with E-state index in [-0.39, 0.29) is 12.1 Å². The molecular formula is C14H17BrN2O2. The molecule has 0 radical (unpaired) electrons. The predicted molar refractivity (Wildman–Crippen MR) is 76.9 cm³/mol.